The van der Waals surface area contributed by atoms with Gasteiger partial charge in [-0.05, 0) is 111 Å². The molecule has 0 aliphatic heterocycles. The van der Waals surface area contributed by atoms with Gasteiger partial charge in [0.1, 0.15) is 11.9 Å². The van der Waals surface area contributed by atoms with Crippen LogP contribution in [0.1, 0.15) is 143 Å². The van der Waals surface area contributed by atoms with E-state index in [1.54, 1.807) is 5.57 Å². The first-order chi connectivity index (χ1) is 21.7. The van der Waals surface area contributed by atoms with Crippen LogP contribution in [-0.2, 0) is 14.3 Å². The minimum Gasteiger partial charge on any atom is -0.461 e. The zero-order valence-electron chi connectivity index (χ0n) is 29.2. The van der Waals surface area contributed by atoms with Gasteiger partial charge in [0, 0.05) is 13.0 Å². The summed E-state index contributed by atoms with van der Waals surface area (Å²) >= 11 is 0. The van der Waals surface area contributed by atoms with Gasteiger partial charge in [0.25, 0.3) is 0 Å². The third-order valence-electron chi connectivity index (χ3n) is 12.5. The van der Waals surface area contributed by atoms with Crippen LogP contribution >= 0.6 is 21.6 Å². The molecule has 0 aromatic rings. The van der Waals surface area contributed by atoms with Gasteiger partial charge >= 0.3 is 5.97 Å². The number of unbranched alkanes of at least 4 members (excludes halogenated alkanes) is 6. The Morgan fingerprint density at radius 3 is 2.47 bits per heavy atom. The highest BCUT2D eigenvalue weighted by atomic mass is 33.1. The lowest BCUT2D eigenvalue weighted by Crippen LogP contribution is -2.50. The van der Waals surface area contributed by atoms with Crippen LogP contribution in [0.4, 0.5) is 0 Å². The van der Waals surface area contributed by atoms with Crippen molar-refractivity contribution in [2.45, 2.75) is 149 Å². The summed E-state index contributed by atoms with van der Waals surface area (Å²) in [5, 5.41) is 3.00. The van der Waals surface area contributed by atoms with Gasteiger partial charge in [0.2, 0.25) is 5.91 Å². The van der Waals surface area contributed by atoms with E-state index >= 15 is 0 Å². The van der Waals surface area contributed by atoms with Crippen molar-refractivity contribution in [3.05, 3.63) is 11.6 Å². The van der Waals surface area contributed by atoms with Gasteiger partial charge in [-0.25, -0.2) is 0 Å². The molecule has 4 aliphatic rings. The zero-order valence-corrected chi connectivity index (χ0v) is 30.8. The Labute approximate surface area is 284 Å². The summed E-state index contributed by atoms with van der Waals surface area (Å²) in [4.78, 5) is 24.8. The van der Waals surface area contributed by atoms with Crippen molar-refractivity contribution in [3.63, 3.8) is 0 Å². The van der Waals surface area contributed by atoms with Crippen LogP contribution in [0.25, 0.3) is 0 Å². The standard InChI is InChI=1S/C38H66N2O3S2/c1-28(2)13-9-10-14-29-16-18-33-32-17-15-30-25-31(19-21-38(30,4)34(32)20-22-37(29,33)3)43-36(42)27-45-44-26-35(41)40-24-12-8-6-5-7-11-23-39/h15,28-29,31-34H,5-14,16-27,39H2,1-4H3,(H,40,41). The SMILES string of the molecule is CC(C)CCCCC1CCC2C3CC=C4CC(OC(=O)CSSCC(=O)NCCCCCCCCN)CCC4(C)C3CCC12C. The lowest BCUT2D eigenvalue weighted by atomic mass is 9.47. The molecule has 4 aliphatic carbocycles. The molecule has 3 saturated carbocycles. The van der Waals surface area contributed by atoms with Crippen LogP contribution < -0.4 is 11.1 Å². The Morgan fingerprint density at radius 2 is 1.69 bits per heavy atom. The molecule has 0 aromatic heterocycles. The Balaban J connectivity index is 1.14. The van der Waals surface area contributed by atoms with Gasteiger partial charge in [0.05, 0.1) is 5.75 Å². The van der Waals surface area contributed by atoms with E-state index in [1.165, 1.54) is 98.6 Å². The number of nitrogens with one attached hydrogen (secondary N) is 1. The smallest absolute Gasteiger partial charge is 0.317 e. The number of rotatable bonds is 19. The number of carbonyl (C=O) groups is 2. The topological polar surface area (TPSA) is 81.4 Å². The first-order valence-electron chi connectivity index (χ1n) is 18.8. The van der Waals surface area contributed by atoms with Crippen LogP contribution in [0.2, 0.25) is 0 Å². The molecule has 7 unspecified atom stereocenters. The van der Waals surface area contributed by atoms with E-state index in [2.05, 4.69) is 39.1 Å². The van der Waals surface area contributed by atoms with E-state index in [0.29, 0.717) is 16.9 Å². The summed E-state index contributed by atoms with van der Waals surface area (Å²) in [6, 6.07) is 0. The predicted octanol–water partition coefficient (Wildman–Crippen LogP) is 9.49. The van der Waals surface area contributed by atoms with Crippen LogP contribution in [0.15, 0.2) is 11.6 Å². The second-order valence-corrected chi connectivity index (χ2v) is 18.4. The summed E-state index contributed by atoms with van der Waals surface area (Å²) in [6.45, 7) is 11.5. The molecular weight excluding hydrogens is 597 g/mol. The molecule has 0 radical (unpaired) electrons. The minimum atomic E-state index is -0.135. The number of hydrogen-bond donors (Lipinski definition) is 2. The maximum absolute atomic E-state index is 12.7. The van der Waals surface area contributed by atoms with Crippen molar-refractivity contribution in [2.75, 3.05) is 24.6 Å². The third kappa shape index (κ3) is 10.2. The predicted molar refractivity (Wildman–Crippen MR) is 193 cm³/mol. The van der Waals surface area contributed by atoms with Gasteiger partial charge in [-0.3, -0.25) is 9.59 Å². The lowest BCUT2D eigenvalue weighted by molar-refractivity contribution is -0.148. The van der Waals surface area contributed by atoms with Crippen molar-refractivity contribution in [2.24, 2.45) is 46.2 Å². The van der Waals surface area contributed by atoms with E-state index in [-0.39, 0.29) is 23.4 Å². The molecule has 258 valence electrons. The third-order valence-corrected chi connectivity index (χ3v) is 14.6. The van der Waals surface area contributed by atoms with Crippen LogP contribution in [-0.4, -0.2) is 42.6 Å². The Hall–Kier alpha value is -0.660. The lowest BCUT2D eigenvalue weighted by Gasteiger charge is -2.58. The molecule has 7 atom stereocenters. The molecule has 3 fully saturated rings. The number of fused-ring (bicyclic) bond motifs is 5. The van der Waals surface area contributed by atoms with Crippen LogP contribution in [0.5, 0.6) is 0 Å². The number of allylic oxidation sites excluding steroid dienone is 1. The Morgan fingerprint density at radius 1 is 0.933 bits per heavy atom. The Kier molecular flexibility index (Phi) is 15.0. The van der Waals surface area contributed by atoms with Gasteiger partial charge in [-0.2, -0.15) is 0 Å². The molecule has 1 amide bonds. The maximum Gasteiger partial charge on any atom is 0.317 e. The summed E-state index contributed by atoms with van der Waals surface area (Å²) in [5.41, 5.74) is 7.94. The van der Waals surface area contributed by atoms with Crippen molar-refractivity contribution in [3.8, 4) is 0 Å². The number of hydrogen-bond acceptors (Lipinski definition) is 6. The summed E-state index contributed by atoms with van der Waals surface area (Å²) < 4.78 is 5.99. The molecule has 0 spiro atoms. The van der Waals surface area contributed by atoms with Gasteiger partial charge in [0.15, 0.2) is 0 Å². The average molecular weight is 663 g/mol. The van der Waals surface area contributed by atoms with Crippen LogP contribution in [0.3, 0.4) is 0 Å². The molecule has 7 heteroatoms. The normalized spacial score (nSPS) is 32.4. The molecule has 0 bridgehead atoms. The zero-order chi connectivity index (χ0) is 32.3. The molecule has 0 saturated heterocycles. The molecule has 0 aromatic carbocycles. The summed E-state index contributed by atoms with van der Waals surface area (Å²) in [5.74, 6) is 4.90. The average Bonchev–Trinajstić information content (AvgIpc) is 3.35. The minimum absolute atomic E-state index is 0.00753. The number of nitrogens with two attached hydrogens (primary N) is 1. The van der Waals surface area contributed by atoms with Crippen molar-refractivity contribution < 1.29 is 14.3 Å². The highest BCUT2D eigenvalue weighted by Crippen LogP contribution is 2.66. The van der Waals surface area contributed by atoms with Gasteiger partial charge < -0.3 is 15.8 Å². The molecular formula is C38H66N2O3S2. The number of ether oxygens (including phenoxy) is 1. The van der Waals surface area contributed by atoms with Crippen LogP contribution in [0, 0.1) is 40.4 Å². The van der Waals surface area contributed by atoms with Crippen molar-refractivity contribution in [1.29, 1.82) is 0 Å². The summed E-state index contributed by atoms with van der Waals surface area (Å²) in [7, 11) is 2.90. The van der Waals surface area contributed by atoms with E-state index < -0.39 is 0 Å². The monoisotopic (exact) mass is 662 g/mol. The number of esters is 1. The molecule has 5 nitrogen and oxygen atoms in total. The summed E-state index contributed by atoms with van der Waals surface area (Å²) in [6.07, 6.45) is 25.2. The van der Waals surface area contributed by atoms with E-state index in [1.807, 2.05) is 0 Å². The molecule has 3 N–H and O–H groups in total. The van der Waals surface area contributed by atoms with Crippen molar-refractivity contribution in [1.82, 2.24) is 5.32 Å². The first-order valence-corrected chi connectivity index (χ1v) is 21.3. The highest BCUT2D eigenvalue weighted by molar-refractivity contribution is 8.77. The van der Waals surface area contributed by atoms with Gasteiger partial charge in [-0.15, -0.1) is 0 Å². The fraction of sp³-hybridized carbons (Fsp3) is 0.895. The largest absolute Gasteiger partial charge is 0.461 e. The maximum atomic E-state index is 12.7. The first kappa shape index (κ1) is 37.2. The molecule has 0 heterocycles. The number of carbonyl (C=O) groups excluding carboxylic acids is 2. The molecule has 45 heavy (non-hydrogen) atoms. The van der Waals surface area contributed by atoms with E-state index in [0.717, 1.165) is 81.2 Å². The second-order valence-electron chi connectivity index (χ2n) is 15.9. The van der Waals surface area contributed by atoms with Gasteiger partial charge in [-0.1, -0.05) is 106 Å². The van der Waals surface area contributed by atoms with E-state index in [4.69, 9.17) is 10.5 Å². The Bertz CT molecular complexity index is 973. The second kappa shape index (κ2) is 18.2. The number of amides is 1. The van der Waals surface area contributed by atoms with E-state index in [9.17, 15) is 9.59 Å². The highest BCUT2D eigenvalue weighted by Gasteiger charge is 2.58. The van der Waals surface area contributed by atoms with Crippen molar-refractivity contribution >= 4 is 33.5 Å². The fourth-order valence-corrected chi connectivity index (χ4v) is 11.6. The molecule has 4 rings (SSSR count). The fourth-order valence-electron chi connectivity index (χ4n) is 9.91. The quantitative estimate of drug-likeness (QED) is 0.0621.